The minimum absolute atomic E-state index is 0.860. The average Bonchev–Trinajstić information content (AvgIpc) is 2.07. The van der Waals surface area contributed by atoms with Crippen LogP contribution in [0.2, 0.25) is 0 Å². The summed E-state index contributed by atoms with van der Waals surface area (Å²) >= 11 is 12.2. The Morgan fingerprint density at radius 2 is 2.08 bits per heavy atom. The van der Waals surface area contributed by atoms with E-state index >= 15 is 0 Å². The molecule has 0 unspecified atom stereocenters. The standard InChI is InChI=1S/C8H14ClNS2/c1-3-10(4-2)8(11)12-7-5-6-9/h5-6H,3-4,7H2,1-2H3. The zero-order valence-corrected chi connectivity index (χ0v) is 9.81. The zero-order chi connectivity index (χ0) is 9.40. The highest BCUT2D eigenvalue weighted by Crippen LogP contribution is 2.09. The second-order valence-corrected chi connectivity index (χ2v) is 4.02. The van der Waals surface area contributed by atoms with Crippen molar-refractivity contribution in [1.29, 1.82) is 0 Å². The van der Waals surface area contributed by atoms with Gasteiger partial charge in [0.1, 0.15) is 4.32 Å². The molecule has 4 heteroatoms. The van der Waals surface area contributed by atoms with Crippen molar-refractivity contribution in [3.63, 3.8) is 0 Å². The number of nitrogens with zero attached hydrogens (tertiary/aromatic N) is 1. The highest BCUT2D eigenvalue weighted by molar-refractivity contribution is 8.23. The number of thioether (sulfide) groups is 1. The van der Waals surface area contributed by atoms with Crippen molar-refractivity contribution in [2.45, 2.75) is 13.8 Å². The molecular formula is C8H14ClNS2. The predicted molar refractivity (Wildman–Crippen MR) is 63.0 cm³/mol. The first-order chi connectivity index (χ1) is 5.76. The van der Waals surface area contributed by atoms with Gasteiger partial charge in [0.25, 0.3) is 0 Å². The molecule has 0 fully saturated rings. The lowest BCUT2D eigenvalue weighted by Gasteiger charge is -2.20. The van der Waals surface area contributed by atoms with Crippen LogP contribution in [0.1, 0.15) is 13.8 Å². The highest BCUT2D eigenvalue weighted by Gasteiger charge is 2.03. The molecule has 0 atom stereocenters. The number of halogens is 1. The van der Waals surface area contributed by atoms with Crippen molar-refractivity contribution < 1.29 is 0 Å². The van der Waals surface area contributed by atoms with Crippen molar-refractivity contribution in [3.05, 3.63) is 11.6 Å². The topological polar surface area (TPSA) is 3.24 Å². The minimum Gasteiger partial charge on any atom is -0.358 e. The van der Waals surface area contributed by atoms with Crippen molar-refractivity contribution in [2.75, 3.05) is 18.8 Å². The van der Waals surface area contributed by atoms with E-state index < -0.39 is 0 Å². The first-order valence-corrected chi connectivity index (χ1v) is 5.76. The van der Waals surface area contributed by atoms with Crippen LogP contribution in [0.4, 0.5) is 0 Å². The van der Waals surface area contributed by atoms with Crippen LogP contribution in [0.15, 0.2) is 11.6 Å². The van der Waals surface area contributed by atoms with Gasteiger partial charge in [-0.1, -0.05) is 41.7 Å². The van der Waals surface area contributed by atoms with Crippen molar-refractivity contribution in [2.24, 2.45) is 0 Å². The molecule has 0 N–H and O–H groups in total. The van der Waals surface area contributed by atoms with Gasteiger partial charge in [0.15, 0.2) is 0 Å². The van der Waals surface area contributed by atoms with Crippen LogP contribution in [0.25, 0.3) is 0 Å². The molecule has 0 saturated heterocycles. The Morgan fingerprint density at radius 1 is 1.50 bits per heavy atom. The number of hydrogen-bond acceptors (Lipinski definition) is 2. The van der Waals surface area contributed by atoms with Crippen LogP contribution in [0.3, 0.4) is 0 Å². The third-order valence-corrected chi connectivity index (χ3v) is 3.07. The van der Waals surface area contributed by atoms with Crippen LogP contribution in [-0.4, -0.2) is 28.1 Å². The van der Waals surface area contributed by atoms with E-state index in [0.717, 1.165) is 23.2 Å². The summed E-state index contributed by atoms with van der Waals surface area (Å²) in [7, 11) is 0. The average molecular weight is 224 g/mol. The quantitative estimate of drug-likeness (QED) is 0.675. The first-order valence-electron chi connectivity index (χ1n) is 3.93. The maximum absolute atomic E-state index is 5.38. The molecule has 12 heavy (non-hydrogen) atoms. The predicted octanol–water partition coefficient (Wildman–Crippen LogP) is 3.10. The third kappa shape index (κ3) is 5.01. The van der Waals surface area contributed by atoms with Crippen LogP contribution in [0, 0.1) is 0 Å². The maximum Gasteiger partial charge on any atom is 0.136 e. The van der Waals surface area contributed by atoms with E-state index in [1.54, 1.807) is 11.8 Å². The van der Waals surface area contributed by atoms with Gasteiger partial charge in [0.2, 0.25) is 0 Å². The smallest absolute Gasteiger partial charge is 0.136 e. The molecular weight excluding hydrogens is 210 g/mol. The summed E-state index contributed by atoms with van der Waals surface area (Å²) in [6, 6.07) is 0. The van der Waals surface area contributed by atoms with Gasteiger partial charge < -0.3 is 4.90 Å². The van der Waals surface area contributed by atoms with Crippen LogP contribution in [0.5, 0.6) is 0 Å². The van der Waals surface area contributed by atoms with Gasteiger partial charge in [-0.15, -0.1) is 0 Å². The molecule has 0 radical (unpaired) electrons. The van der Waals surface area contributed by atoms with Gasteiger partial charge in [-0.25, -0.2) is 0 Å². The van der Waals surface area contributed by atoms with Crippen molar-refractivity contribution >= 4 is 39.9 Å². The second-order valence-electron chi connectivity index (χ2n) is 2.11. The minimum atomic E-state index is 0.860. The monoisotopic (exact) mass is 223 g/mol. The highest BCUT2D eigenvalue weighted by atomic mass is 35.5. The lowest BCUT2D eigenvalue weighted by Crippen LogP contribution is -2.26. The Bertz CT molecular complexity index is 155. The molecule has 1 nitrogen and oxygen atoms in total. The fourth-order valence-corrected chi connectivity index (χ4v) is 2.16. The van der Waals surface area contributed by atoms with E-state index in [-0.39, 0.29) is 0 Å². The van der Waals surface area contributed by atoms with Gasteiger partial charge in [-0.3, -0.25) is 0 Å². The first kappa shape index (κ1) is 12.3. The van der Waals surface area contributed by atoms with Gasteiger partial charge in [-0.05, 0) is 13.8 Å². The Kier molecular flexibility index (Phi) is 8.07. The van der Waals surface area contributed by atoms with E-state index in [4.69, 9.17) is 23.8 Å². The van der Waals surface area contributed by atoms with Gasteiger partial charge in [-0.2, -0.15) is 0 Å². The van der Waals surface area contributed by atoms with E-state index in [0.29, 0.717) is 0 Å². The molecule has 0 amide bonds. The summed E-state index contributed by atoms with van der Waals surface area (Å²) in [6.07, 6.45) is 1.89. The maximum atomic E-state index is 5.38. The molecule has 0 aromatic heterocycles. The molecule has 0 aliphatic carbocycles. The number of hydrogen-bond donors (Lipinski definition) is 0. The Morgan fingerprint density at radius 3 is 2.50 bits per heavy atom. The van der Waals surface area contributed by atoms with Gasteiger partial charge >= 0.3 is 0 Å². The van der Waals surface area contributed by atoms with Crippen LogP contribution in [-0.2, 0) is 0 Å². The Labute approximate surface area is 89.1 Å². The normalized spacial score (nSPS) is 10.6. The molecule has 0 rings (SSSR count). The summed E-state index contributed by atoms with van der Waals surface area (Å²) in [5.74, 6) is 0.860. The number of rotatable bonds is 4. The van der Waals surface area contributed by atoms with E-state index in [1.807, 2.05) is 6.08 Å². The zero-order valence-electron chi connectivity index (χ0n) is 7.42. The van der Waals surface area contributed by atoms with E-state index in [1.165, 1.54) is 5.54 Å². The summed E-state index contributed by atoms with van der Waals surface area (Å²) in [4.78, 5) is 2.15. The SMILES string of the molecule is CCN(CC)C(=S)SCC=CCl. The van der Waals surface area contributed by atoms with Gasteiger partial charge in [0, 0.05) is 24.4 Å². The van der Waals surface area contributed by atoms with Crippen LogP contribution < -0.4 is 0 Å². The summed E-state index contributed by atoms with van der Waals surface area (Å²) < 4.78 is 0.953. The van der Waals surface area contributed by atoms with Crippen molar-refractivity contribution in [1.82, 2.24) is 4.90 Å². The molecule has 0 aromatic carbocycles. The summed E-state index contributed by atoms with van der Waals surface area (Å²) in [6.45, 7) is 6.17. The Balaban J connectivity index is 3.69. The summed E-state index contributed by atoms with van der Waals surface area (Å²) in [5, 5.41) is 0. The molecule has 0 saturated carbocycles. The second kappa shape index (κ2) is 7.90. The molecule has 0 spiro atoms. The third-order valence-electron chi connectivity index (χ3n) is 1.41. The molecule has 0 bridgehead atoms. The van der Waals surface area contributed by atoms with Gasteiger partial charge in [0.05, 0.1) is 0 Å². The largest absolute Gasteiger partial charge is 0.358 e. The fraction of sp³-hybridized carbons (Fsp3) is 0.625. The van der Waals surface area contributed by atoms with E-state index in [9.17, 15) is 0 Å². The number of thiocarbonyl (C=S) groups is 1. The molecule has 70 valence electrons. The lowest BCUT2D eigenvalue weighted by molar-refractivity contribution is 0.482. The lowest BCUT2D eigenvalue weighted by atomic mass is 10.6. The molecule has 0 aromatic rings. The Hall–Kier alpha value is 0.270. The molecule has 0 heterocycles. The van der Waals surface area contributed by atoms with Crippen molar-refractivity contribution in [3.8, 4) is 0 Å². The molecule has 0 aliphatic rings. The fourth-order valence-electron chi connectivity index (χ4n) is 0.729. The van der Waals surface area contributed by atoms with E-state index in [2.05, 4.69) is 18.7 Å². The molecule has 0 aliphatic heterocycles. The van der Waals surface area contributed by atoms with Crippen LogP contribution >= 0.6 is 35.6 Å². The summed E-state index contributed by atoms with van der Waals surface area (Å²) in [5.41, 5.74) is 1.53.